The van der Waals surface area contributed by atoms with Crippen LogP contribution >= 0.6 is 11.6 Å². The summed E-state index contributed by atoms with van der Waals surface area (Å²) in [6.07, 6.45) is 2.49. The first-order valence-electron chi connectivity index (χ1n) is 11.1. The molecule has 2 amide bonds. The summed E-state index contributed by atoms with van der Waals surface area (Å²) in [4.78, 5) is 28.8. The topological polar surface area (TPSA) is 91.8 Å². The van der Waals surface area contributed by atoms with Crippen LogP contribution in [0, 0.1) is 11.6 Å². The van der Waals surface area contributed by atoms with E-state index in [1.54, 1.807) is 25.1 Å². The van der Waals surface area contributed by atoms with Crippen LogP contribution in [0.3, 0.4) is 0 Å². The Morgan fingerprint density at radius 1 is 1.03 bits per heavy atom. The standard InChI is InChI=1S/C24H27ClF2N4O3/c1-2-34-24(33)30-19-9-7-18(8-10-19)29-23(28-14-15-4-3-5-17(25)12-15)31-22(32)16-6-11-20(26)21(27)13-16/h3-6,11-13,18-19H,2,7-10,14H2,1H3,(H,30,33)(H2,28,29,31,32). The van der Waals surface area contributed by atoms with Crippen LogP contribution < -0.4 is 16.0 Å². The molecule has 0 bridgehead atoms. The molecule has 3 rings (SSSR count). The van der Waals surface area contributed by atoms with Gasteiger partial charge in [-0.2, -0.15) is 0 Å². The van der Waals surface area contributed by atoms with E-state index in [2.05, 4.69) is 20.9 Å². The summed E-state index contributed by atoms with van der Waals surface area (Å²) >= 11 is 6.04. The maximum Gasteiger partial charge on any atom is 0.407 e. The number of alkyl carbamates (subject to hydrolysis) is 1. The van der Waals surface area contributed by atoms with Gasteiger partial charge < -0.3 is 15.4 Å². The second-order valence-electron chi connectivity index (χ2n) is 7.94. The predicted molar refractivity (Wildman–Crippen MR) is 126 cm³/mol. The molecule has 1 saturated carbocycles. The first-order chi connectivity index (χ1) is 16.3. The molecule has 1 aliphatic carbocycles. The number of halogens is 3. The molecule has 0 atom stereocenters. The largest absolute Gasteiger partial charge is 0.450 e. The Hall–Kier alpha value is -3.20. The van der Waals surface area contributed by atoms with Gasteiger partial charge in [-0.15, -0.1) is 0 Å². The molecule has 2 aromatic rings. The summed E-state index contributed by atoms with van der Waals surface area (Å²) in [5.41, 5.74) is 0.815. The molecule has 3 N–H and O–H groups in total. The molecular formula is C24H27ClF2N4O3. The Bertz CT molecular complexity index is 1040. The number of rotatable bonds is 6. The molecule has 0 unspecified atom stereocenters. The van der Waals surface area contributed by atoms with E-state index in [1.165, 1.54) is 6.07 Å². The van der Waals surface area contributed by atoms with E-state index in [-0.39, 0.29) is 30.2 Å². The summed E-state index contributed by atoms with van der Waals surface area (Å²) in [6.45, 7) is 2.31. The van der Waals surface area contributed by atoms with E-state index >= 15 is 0 Å². The van der Waals surface area contributed by atoms with Crippen LogP contribution in [0.25, 0.3) is 0 Å². The molecule has 0 aliphatic heterocycles. The van der Waals surface area contributed by atoms with Gasteiger partial charge in [0.15, 0.2) is 17.6 Å². The van der Waals surface area contributed by atoms with Crippen molar-refractivity contribution in [2.24, 2.45) is 4.99 Å². The summed E-state index contributed by atoms with van der Waals surface area (Å²) in [5.74, 6) is -2.53. The number of ether oxygens (including phenoxy) is 1. The Morgan fingerprint density at radius 3 is 2.38 bits per heavy atom. The lowest BCUT2D eigenvalue weighted by atomic mass is 9.91. The molecule has 1 aliphatic rings. The molecule has 7 nitrogen and oxygen atoms in total. The summed E-state index contributed by atoms with van der Waals surface area (Å²) in [5, 5.41) is 9.31. The third kappa shape index (κ3) is 7.69. The molecule has 0 saturated heterocycles. The van der Waals surface area contributed by atoms with E-state index in [1.807, 2.05) is 6.07 Å². The van der Waals surface area contributed by atoms with E-state index in [4.69, 9.17) is 16.3 Å². The fourth-order valence-corrected chi connectivity index (χ4v) is 3.87. The fraction of sp³-hybridized carbons (Fsp3) is 0.375. The SMILES string of the molecule is CCOC(=O)NC1CCC(NC(=NCc2cccc(Cl)c2)NC(=O)c2ccc(F)c(F)c2)CC1. The van der Waals surface area contributed by atoms with Crippen molar-refractivity contribution in [3.8, 4) is 0 Å². The lowest BCUT2D eigenvalue weighted by molar-refractivity contribution is 0.0974. The summed E-state index contributed by atoms with van der Waals surface area (Å²) in [7, 11) is 0. The van der Waals surface area contributed by atoms with Crippen LogP contribution in [-0.2, 0) is 11.3 Å². The lowest BCUT2D eigenvalue weighted by Gasteiger charge is -2.30. The number of hydrogen-bond donors (Lipinski definition) is 3. The Kier molecular flexibility index (Phi) is 9.21. The van der Waals surface area contributed by atoms with Gasteiger partial charge in [-0.3, -0.25) is 10.1 Å². The van der Waals surface area contributed by atoms with Crippen molar-refractivity contribution in [1.82, 2.24) is 16.0 Å². The van der Waals surface area contributed by atoms with Crippen LogP contribution in [-0.4, -0.2) is 36.7 Å². The Labute approximate surface area is 201 Å². The number of amides is 2. The lowest BCUT2D eigenvalue weighted by Crippen LogP contribution is -2.49. The molecule has 0 radical (unpaired) electrons. The Balaban J connectivity index is 1.66. The van der Waals surface area contributed by atoms with E-state index in [9.17, 15) is 18.4 Å². The molecule has 0 spiro atoms. The van der Waals surface area contributed by atoms with Crippen molar-refractivity contribution in [3.63, 3.8) is 0 Å². The van der Waals surface area contributed by atoms with Gasteiger partial charge in [0.25, 0.3) is 5.91 Å². The van der Waals surface area contributed by atoms with Gasteiger partial charge in [0.2, 0.25) is 0 Å². The first kappa shape index (κ1) is 25.4. The maximum atomic E-state index is 13.6. The molecule has 1 fully saturated rings. The van der Waals surface area contributed by atoms with Crippen molar-refractivity contribution in [2.75, 3.05) is 6.61 Å². The minimum Gasteiger partial charge on any atom is -0.450 e. The van der Waals surface area contributed by atoms with Gasteiger partial charge in [-0.05, 0) is 68.5 Å². The Morgan fingerprint density at radius 2 is 1.74 bits per heavy atom. The zero-order chi connectivity index (χ0) is 24.5. The molecule has 0 heterocycles. The predicted octanol–water partition coefficient (Wildman–Crippen LogP) is 4.55. The smallest absolute Gasteiger partial charge is 0.407 e. The van der Waals surface area contributed by atoms with E-state index < -0.39 is 23.6 Å². The normalized spacial score (nSPS) is 18.2. The number of guanidine groups is 1. The number of benzene rings is 2. The van der Waals surface area contributed by atoms with Crippen molar-refractivity contribution in [1.29, 1.82) is 0 Å². The number of carbonyl (C=O) groups is 2. The highest BCUT2D eigenvalue weighted by Gasteiger charge is 2.24. The van der Waals surface area contributed by atoms with Crippen LogP contribution in [0.1, 0.15) is 48.5 Å². The highest BCUT2D eigenvalue weighted by molar-refractivity contribution is 6.30. The van der Waals surface area contributed by atoms with E-state index in [0.717, 1.165) is 43.4 Å². The first-order valence-corrected chi connectivity index (χ1v) is 11.5. The average Bonchev–Trinajstić information content (AvgIpc) is 2.80. The minimum absolute atomic E-state index is 0.00334. The third-order valence-electron chi connectivity index (χ3n) is 5.39. The molecule has 2 aromatic carbocycles. The fourth-order valence-electron chi connectivity index (χ4n) is 3.66. The van der Waals surface area contributed by atoms with Crippen molar-refractivity contribution in [2.45, 2.75) is 51.2 Å². The van der Waals surface area contributed by atoms with Gasteiger partial charge >= 0.3 is 6.09 Å². The van der Waals surface area contributed by atoms with Gasteiger partial charge in [-0.1, -0.05) is 23.7 Å². The summed E-state index contributed by atoms with van der Waals surface area (Å²) < 4.78 is 31.7. The summed E-state index contributed by atoms with van der Waals surface area (Å²) in [6, 6.07) is 10.1. The molecular weight excluding hydrogens is 466 g/mol. The van der Waals surface area contributed by atoms with Gasteiger partial charge in [0.05, 0.1) is 13.2 Å². The van der Waals surface area contributed by atoms with Gasteiger partial charge in [0.1, 0.15) is 0 Å². The number of hydrogen-bond acceptors (Lipinski definition) is 4. The molecule has 182 valence electrons. The highest BCUT2D eigenvalue weighted by Crippen LogP contribution is 2.19. The van der Waals surface area contributed by atoms with Crippen molar-refractivity contribution < 1.29 is 23.1 Å². The zero-order valence-corrected chi connectivity index (χ0v) is 19.5. The molecule has 10 heteroatoms. The second kappa shape index (κ2) is 12.3. The monoisotopic (exact) mass is 492 g/mol. The molecule has 34 heavy (non-hydrogen) atoms. The minimum atomic E-state index is -1.11. The molecule has 0 aromatic heterocycles. The number of nitrogens with one attached hydrogen (secondary N) is 3. The van der Waals surface area contributed by atoms with Crippen LogP contribution in [0.15, 0.2) is 47.5 Å². The van der Waals surface area contributed by atoms with Crippen LogP contribution in [0.5, 0.6) is 0 Å². The van der Waals surface area contributed by atoms with Crippen molar-refractivity contribution in [3.05, 3.63) is 70.2 Å². The number of carbonyl (C=O) groups excluding carboxylic acids is 2. The zero-order valence-electron chi connectivity index (χ0n) is 18.7. The number of aliphatic imine (C=N–C) groups is 1. The van der Waals surface area contributed by atoms with Gasteiger partial charge in [0, 0.05) is 22.7 Å². The maximum absolute atomic E-state index is 13.6. The quantitative estimate of drug-likeness (QED) is 0.407. The van der Waals surface area contributed by atoms with Gasteiger partial charge in [-0.25, -0.2) is 18.6 Å². The van der Waals surface area contributed by atoms with Crippen molar-refractivity contribution >= 4 is 29.6 Å². The van der Waals surface area contributed by atoms with E-state index in [0.29, 0.717) is 11.6 Å². The van der Waals surface area contributed by atoms with Crippen LogP contribution in [0.2, 0.25) is 5.02 Å². The second-order valence-corrected chi connectivity index (χ2v) is 8.37. The van der Waals surface area contributed by atoms with Crippen LogP contribution in [0.4, 0.5) is 13.6 Å². The highest BCUT2D eigenvalue weighted by atomic mass is 35.5. The average molecular weight is 493 g/mol. The third-order valence-corrected chi connectivity index (χ3v) is 5.62. The number of nitrogens with zero attached hydrogens (tertiary/aromatic N) is 1.